The first kappa shape index (κ1) is 23.8. The maximum absolute atomic E-state index is 12.2. The smallest absolute Gasteiger partial charge is 0.261 e. The first-order valence-corrected chi connectivity index (χ1v) is 10.6. The highest BCUT2D eigenvalue weighted by atomic mass is 16.7. The third-order valence-electron chi connectivity index (χ3n) is 4.82. The molecule has 1 aromatic carbocycles. The van der Waals surface area contributed by atoms with Crippen molar-refractivity contribution in [3.8, 4) is 0 Å². The summed E-state index contributed by atoms with van der Waals surface area (Å²) in [7, 11) is 0. The summed E-state index contributed by atoms with van der Waals surface area (Å²) in [6.07, 6.45) is -0.0321. The van der Waals surface area contributed by atoms with Crippen molar-refractivity contribution in [1.29, 1.82) is 0 Å². The molecule has 0 saturated carbocycles. The van der Waals surface area contributed by atoms with Crippen LogP contribution in [0.5, 0.6) is 0 Å². The molecule has 0 spiro atoms. The van der Waals surface area contributed by atoms with Crippen molar-refractivity contribution in [2.45, 2.75) is 25.7 Å². The minimum absolute atomic E-state index is 0.0321. The van der Waals surface area contributed by atoms with Crippen LogP contribution in [0.15, 0.2) is 24.3 Å². The highest BCUT2D eigenvalue weighted by molar-refractivity contribution is 6.21. The molecule has 2 heterocycles. The molecule has 0 N–H and O–H groups in total. The van der Waals surface area contributed by atoms with E-state index in [1.54, 1.807) is 24.3 Å². The molecule has 2 aliphatic rings. The number of nitrogens with zero attached hydrogens (tertiary/aromatic N) is 1. The lowest BCUT2D eigenvalue weighted by Crippen LogP contribution is -2.33. The molecule has 0 bridgehead atoms. The average molecular weight is 437 g/mol. The fraction of sp³-hybridized carbons (Fsp3) is 0.636. The topological polar surface area (TPSA) is 92.8 Å². The molecule has 1 fully saturated rings. The molecule has 31 heavy (non-hydrogen) atoms. The van der Waals surface area contributed by atoms with E-state index in [1.807, 2.05) is 13.8 Å². The SMILES string of the molecule is CC1(C)OC[C@@H](COCCOCCOCCOCCN2C(=O)c3ccccc3C2=O)O1. The number of rotatable bonds is 14. The molecule has 1 aromatic rings. The van der Waals surface area contributed by atoms with E-state index in [1.165, 1.54) is 4.90 Å². The van der Waals surface area contributed by atoms with Crippen molar-refractivity contribution in [1.82, 2.24) is 4.90 Å². The molecule has 2 amide bonds. The van der Waals surface area contributed by atoms with Crippen molar-refractivity contribution in [3.05, 3.63) is 35.4 Å². The van der Waals surface area contributed by atoms with Crippen molar-refractivity contribution in [2.75, 3.05) is 66.0 Å². The van der Waals surface area contributed by atoms with E-state index in [0.29, 0.717) is 64.0 Å². The molecule has 3 rings (SSSR count). The van der Waals surface area contributed by atoms with E-state index in [4.69, 9.17) is 28.4 Å². The first-order chi connectivity index (χ1) is 15.0. The zero-order chi connectivity index (χ0) is 22.1. The molecule has 1 saturated heterocycles. The Morgan fingerprint density at radius 2 is 1.39 bits per heavy atom. The van der Waals surface area contributed by atoms with Crippen LogP contribution in [-0.2, 0) is 28.4 Å². The summed E-state index contributed by atoms with van der Waals surface area (Å²) in [6, 6.07) is 6.83. The summed E-state index contributed by atoms with van der Waals surface area (Å²) >= 11 is 0. The quantitative estimate of drug-likeness (QED) is 0.319. The number of hydrogen-bond donors (Lipinski definition) is 0. The largest absolute Gasteiger partial charge is 0.377 e. The van der Waals surface area contributed by atoms with E-state index in [-0.39, 0.29) is 31.1 Å². The lowest BCUT2D eigenvalue weighted by Gasteiger charge is -2.17. The molecule has 9 nitrogen and oxygen atoms in total. The average Bonchev–Trinajstić information content (AvgIpc) is 3.22. The van der Waals surface area contributed by atoms with E-state index in [2.05, 4.69) is 0 Å². The molecule has 0 aliphatic carbocycles. The van der Waals surface area contributed by atoms with Gasteiger partial charge in [-0.3, -0.25) is 14.5 Å². The van der Waals surface area contributed by atoms with Gasteiger partial charge < -0.3 is 28.4 Å². The molecule has 0 unspecified atom stereocenters. The van der Waals surface area contributed by atoms with Gasteiger partial charge in [-0.2, -0.15) is 0 Å². The lowest BCUT2D eigenvalue weighted by molar-refractivity contribution is -0.145. The molecule has 0 aromatic heterocycles. The Morgan fingerprint density at radius 3 is 1.90 bits per heavy atom. The molecular formula is C22H31NO8. The fourth-order valence-electron chi connectivity index (χ4n) is 3.32. The minimum Gasteiger partial charge on any atom is -0.377 e. The van der Waals surface area contributed by atoms with Gasteiger partial charge in [0.15, 0.2) is 5.79 Å². The summed E-state index contributed by atoms with van der Waals surface area (Å²) in [5.41, 5.74) is 0.900. The van der Waals surface area contributed by atoms with Gasteiger partial charge in [0, 0.05) is 0 Å². The van der Waals surface area contributed by atoms with E-state index in [9.17, 15) is 9.59 Å². The second kappa shape index (κ2) is 11.7. The number of carbonyl (C=O) groups is 2. The van der Waals surface area contributed by atoms with Crippen LogP contribution in [0.2, 0.25) is 0 Å². The Morgan fingerprint density at radius 1 is 0.871 bits per heavy atom. The number of amides is 2. The molecule has 172 valence electrons. The second-order valence-electron chi connectivity index (χ2n) is 7.67. The number of imide groups is 1. The third kappa shape index (κ3) is 7.06. The maximum atomic E-state index is 12.2. The van der Waals surface area contributed by atoms with Crippen LogP contribution in [0, 0.1) is 0 Å². The van der Waals surface area contributed by atoms with Crippen LogP contribution < -0.4 is 0 Å². The van der Waals surface area contributed by atoms with Gasteiger partial charge in [-0.25, -0.2) is 0 Å². The number of carbonyl (C=O) groups excluding carboxylic acids is 2. The zero-order valence-corrected chi connectivity index (χ0v) is 18.2. The molecule has 2 aliphatic heterocycles. The second-order valence-corrected chi connectivity index (χ2v) is 7.67. The Labute approximate surface area is 182 Å². The summed E-state index contributed by atoms with van der Waals surface area (Å²) in [5.74, 6) is -1.07. The maximum Gasteiger partial charge on any atom is 0.261 e. The van der Waals surface area contributed by atoms with Gasteiger partial charge in [-0.1, -0.05) is 12.1 Å². The number of benzene rings is 1. The van der Waals surface area contributed by atoms with Gasteiger partial charge in [-0.05, 0) is 26.0 Å². The predicted octanol–water partition coefficient (Wildman–Crippen LogP) is 1.50. The highest BCUT2D eigenvalue weighted by Gasteiger charge is 2.34. The molecule has 9 heteroatoms. The van der Waals surface area contributed by atoms with Crippen molar-refractivity contribution < 1.29 is 38.0 Å². The number of ether oxygens (including phenoxy) is 6. The van der Waals surface area contributed by atoms with Crippen LogP contribution >= 0.6 is 0 Å². The summed E-state index contributed by atoms with van der Waals surface area (Å²) in [5, 5.41) is 0. The molecule has 0 radical (unpaired) electrons. The van der Waals surface area contributed by atoms with Gasteiger partial charge in [0.2, 0.25) is 0 Å². The Kier molecular flexibility index (Phi) is 8.94. The van der Waals surface area contributed by atoms with Gasteiger partial charge in [0.25, 0.3) is 11.8 Å². The Bertz CT molecular complexity index is 703. The van der Waals surface area contributed by atoms with Crippen molar-refractivity contribution >= 4 is 11.8 Å². The minimum atomic E-state index is -0.527. The van der Waals surface area contributed by atoms with Crippen LogP contribution in [0.1, 0.15) is 34.6 Å². The Balaban J connectivity index is 1.11. The van der Waals surface area contributed by atoms with Crippen molar-refractivity contribution in [3.63, 3.8) is 0 Å². The van der Waals surface area contributed by atoms with E-state index >= 15 is 0 Å². The summed E-state index contributed by atoms with van der Waals surface area (Å²) in [6.45, 7) is 7.99. The van der Waals surface area contributed by atoms with Crippen LogP contribution in [-0.4, -0.2) is 94.6 Å². The van der Waals surface area contributed by atoms with Crippen LogP contribution in [0.3, 0.4) is 0 Å². The molecular weight excluding hydrogens is 406 g/mol. The van der Waals surface area contributed by atoms with Gasteiger partial charge in [-0.15, -0.1) is 0 Å². The fourth-order valence-corrected chi connectivity index (χ4v) is 3.32. The van der Waals surface area contributed by atoms with Crippen LogP contribution in [0.4, 0.5) is 0 Å². The van der Waals surface area contributed by atoms with Gasteiger partial charge in [0.05, 0.1) is 77.1 Å². The zero-order valence-electron chi connectivity index (χ0n) is 18.2. The van der Waals surface area contributed by atoms with Gasteiger partial charge >= 0.3 is 0 Å². The monoisotopic (exact) mass is 437 g/mol. The number of fused-ring (bicyclic) bond motifs is 1. The van der Waals surface area contributed by atoms with E-state index in [0.717, 1.165) is 0 Å². The Hall–Kier alpha value is -1.88. The lowest BCUT2D eigenvalue weighted by atomic mass is 10.1. The number of hydrogen-bond acceptors (Lipinski definition) is 8. The standard InChI is InChI=1S/C22H31NO8/c1-22(2)30-16-17(31-22)15-29-14-13-28-12-11-27-10-9-26-8-7-23-20(24)18-5-3-4-6-19(18)21(23)25/h3-6,17H,7-16H2,1-2H3/t17-/m1/s1. The van der Waals surface area contributed by atoms with Gasteiger partial charge in [0.1, 0.15) is 6.10 Å². The summed E-state index contributed by atoms with van der Waals surface area (Å²) < 4.78 is 33.0. The highest BCUT2D eigenvalue weighted by Crippen LogP contribution is 2.22. The molecule has 1 atom stereocenters. The van der Waals surface area contributed by atoms with Crippen LogP contribution in [0.25, 0.3) is 0 Å². The normalized spacial score (nSPS) is 19.9. The third-order valence-corrected chi connectivity index (χ3v) is 4.82. The predicted molar refractivity (Wildman–Crippen MR) is 110 cm³/mol. The van der Waals surface area contributed by atoms with E-state index < -0.39 is 5.79 Å². The first-order valence-electron chi connectivity index (χ1n) is 10.6. The summed E-state index contributed by atoms with van der Waals surface area (Å²) in [4.78, 5) is 25.7. The van der Waals surface area contributed by atoms with Crippen molar-refractivity contribution in [2.24, 2.45) is 0 Å².